The third-order valence-electron chi connectivity index (χ3n) is 1.92. The van der Waals surface area contributed by atoms with Crippen molar-refractivity contribution >= 4 is 12.4 Å². The van der Waals surface area contributed by atoms with E-state index in [2.05, 4.69) is 12.2 Å². The van der Waals surface area contributed by atoms with Crippen molar-refractivity contribution in [2.45, 2.75) is 13.3 Å². The van der Waals surface area contributed by atoms with Crippen LogP contribution in [0.15, 0.2) is 0 Å². The maximum atomic E-state index is 8.77. The fourth-order valence-corrected chi connectivity index (χ4v) is 1.41. The normalized spacial score (nSPS) is 33.0. The SMILES string of the molecule is C[C@@H]1CNC[C@H](CO)C1.Cl. The predicted octanol–water partition coefficient (Wildman–Crippen LogP) is 0.646. The minimum absolute atomic E-state index is 0. The summed E-state index contributed by atoms with van der Waals surface area (Å²) in [5.74, 6) is 1.25. The van der Waals surface area contributed by atoms with Crippen LogP contribution in [0.5, 0.6) is 0 Å². The molecule has 1 rings (SSSR count). The van der Waals surface area contributed by atoms with Crippen LogP contribution in [-0.4, -0.2) is 24.8 Å². The number of hydrogen-bond acceptors (Lipinski definition) is 2. The Morgan fingerprint density at radius 1 is 1.50 bits per heavy atom. The highest BCUT2D eigenvalue weighted by molar-refractivity contribution is 5.85. The summed E-state index contributed by atoms with van der Waals surface area (Å²) in [5.41, 5.74) is 0. The van der Waals surface area contributed by atoms with Gasteiger partial charge in [-0.2, -0.15) is 0 Å². The first-order valence-electron chi connectivity index (χ1n) is 3.64. The van der Waals surface area contributed by atoms with Gasteiger partial charge < -0.3 is 10.4 Å². The summed E-state index contributed by atoms with van der Waals surface area (Å²) >= 11 is 0. The molecule has 0 aromatic heterocycles. The molecule has 0 aromatic rings. The molecule has 2 N–H and O–H groups in total. The van der Waals surface area contributed by atoms with Gasteiger partial charge in [-0.15, -0.1) is 12.4 Å². The molecule has 0 bridgehead atoms. The second-order valence-corrected chi connectivity index (χ2v) is 3.05. The van der Waals surface area contributed by atoms with Crippen LogP contribution in [-0.2, 0) is 0 Å². The molecule has 0 unspecified atom stereocenters. The number of rotatable bonds is 1. The molecule has 0 aromatic carbocycles. The van der Waals surface area contributed by atoms with Gasteiger partial charge in [0.15, 0.2) is 0 Å². The smallest absolute Gasteiger partial charge is 0.0471 e. The standard InChI is InChI=1S/C7H15NO.ClH/c1-6-2-7(5-9)4-8-3-6;/h6-9H,2-5H2,1H3;1H/t6-,7+;/m0./s1. The molecule has 3 heteroatoms. The van der Waals surface area contributed by atoms with E-state index < -0.39 is 0 Å². The predicted molar refractivity (Wildman–Crippen MR) is 44.5 cm³/mol. The van der Waals surface area contributed by atoms with Gasteiger partial charge in [0.1, 0.15) is 0 Å². The minimum atomic E-state index is 0. The van der Waals surface area contributed by atoms with E-state index in [1.54, 1.807) is 0 Å². The second kappa shape index (κ2) is 4.94. The molecule has 0 spiro atoms. The Balaban J connectivity index is 0.000000810. The van der Waals surface area contributed by atoms with Gasteiger partial charge in [-0.3, -0.25) is 0 Å². The number of aliphatic hydroxyl groups is 1. The molecule has 2 nitrogen and oxygen atoms in total. The molecule has 10 heavy (non-hydrogen) atoms. The molecule has 1 aliphatic heterocycles. The van der Waals surface area contributed by atoms with Crippen LogP contribution in [0.4, 0.5) is 0 Å². The van der Waals surface area contributed by atoms with Crippen LogP contribution in [0.2, 0.25) is 0 Å². The fraction of sp³-hybridized carbons (Fsp3) is 1.00. The molecule has 0 amide bonds. The van der Waals surface area contributed by atoms with Crippen molar-refractivity contribution in [3.8, 4) is 0 Å². The van der Waals surface area contributed by atoms with Gasteiger partial charge >= 0.3 is 0 Å². The summed E-state index contributed by atoms with van der Waals surface area (Å²) < 4.78 is 0. The van der Waals surface area contributed by atoms with Crippen molar-refractivity contribution in [1.82, 2.24) is 5.32 Å². The van der Waals surface area contributed by atoms with E-state index in [-0.39, 0.29) is 12.4 Å². The lowest BCUT2D eigenvalue weighted by Gasteiger charge is -2.25. The maximum Gasteiger partial charge on any atom is 0.0471 e. The highest BCUT2D eigenvalue weighted by Crippen LogP contribution is 2.14. The Morgan fingerprint density at radius 2 is 2.20 bits per heavy atom. The average molecular weight is 166 g/mol. The van der Waals surface area contributed by atoms with E-state index in [0.29, 0.717) is 12.5 Å². The molecule has 0 radical (unpaired) electrons. The van der Waals surface area contributed by atoms with Crippen LogP contribution < -0.4 is 5.32 Å². The summed E-state index contributed by atoms with van der Waals surface area (Å²) in [6.45, 7) is 4.68. The van der Waals surface area contributed by atoms with Crippen LogP contribution in [0.25, 0.3) is 0 Å². The maximum absolute atomic E-state index is 8.77. The molecule has 0 aliphatic carbocycles. The number of piperidine rings is 1. The molecule has 1 fully saturated rings. The Kier molecular flexibility index (Phi) is 5.04. The summed E-state index contributed by atoms with van der Waals surface area (Å²) in [7, 11) is 0. The van der Waals surface area contributed by atoms with Crippen LogP contribution >= 0.6 is 12.4 Å². The van der Waals surface area contributed by atoms with E-state index in [9.17, 15) is 0 Å². The lowest BCUT2D eigenvalue weighted by atomic mass is 9.93. The van der Waals surface area contributed by atoms with Gasteiger partial charge in [-0.1, -0.05) is 6.92 Å². The second-order valence-electron chi connectivity index (χ2n) is 3.05. The first kappa shape index (κ1) is 10.2. The van der Waals surface area contributed by atoms with Crippen LogP contribution in [0.1, 0.15) is 13.3 Å². The fourth-order valence-electron chi connectivity index (χ4n) is 1.41. The summed E-state index contributed by atoms with van der Waals surface area (Å²) in [6, 6.07) is 0. The Labute approximate surface area is 68.4 Å². The number of halogens is 1. The van der Waals surface area contributed by atoms with Crippen LogP contribution in [0.3, 0.4) is 0 Å². The first-order valence-corrected chi connectivity index (χ1v) is 3.64. The van der Waals surface area contributed by atoms with Crippen LogP contribution in [0, 0.1) is 11.8 Å². The van der Waals surface area contributed by atoms with Gasteiger partial charge in [0.25, 0.3) is 0 Å². The third kappa shape index (κ3) is 2.86. The van der Waals surface area contributed by atoms with E-state index in [4.69, 9.17) is 5.11 Å². The lowest BCUT2D eigenvalue weighted by molar-refractivity contribution is 0.177. The Bertz CT molecular complexity index is 89.7. The summed E-state index contributed by atoms with van der Waals surface area (Å²) in [5, 5.41) is 12.0. The largest absolute Gasteiger partial charge is 0.396 e. The zero-order valence-corrected chi connectivity index (χ0v) is 7.16. The molecule has 2 atom stereocenters. The van der Waals surface area contributed by atoms with E-state index >= 15 is 0 Å². The highest BCUT2D eigenvalue weighted by atomic mass is 35.5. The molecule has 1 saturated heterocycles. The zero-order valence-electron chi connectivity index (χ0n) is 6.34. The summed E-state index contributed by atoms with van der Waals surface area (Å²) in [4.78, 5) is 0. The Hall–Kier alpha value is 0.210. The minimum Gasteiger partial charge on any atom is -0.396 e. The number of aliphatic hydroxyl groups excluding tert-OH is 1. The van der Waals surface area contributed by atoms with Crippen molar-refractivity contribution in [3.05, 3.63) is 0 Å². The van der Waals surface area contributed by atoms with Gasteiger partial charge in [0, 0.05) is 13.2 Å². The topological polar surface area (TPSA) is 32.3 Å². The van der Waals surface area contributed by atoms with Crippen molar-refractivity contribution in [3.63, 3.8) is 0 Å². The van der Waals surface area contributed by atoms with E-state index in [0.717, 1.165) is 19.0 Å². The van der Waals surface area contributed by atoms with Gasteiger partial charge in [-0.25, -0.2) is 0 Å². The first-order chi connectivity index (χ1) is 4.33. The van der Waals surface area contributed by atoms with Crippen molar-refractivity contribution in [1.29, 1.82) is 0 Å². The van der Waals surface area contributed by atoms with Crippen molar-refractivity contribution in [2.24, 2.45) is 11.8 Å². The average Bonchev–Trinajstić information content (AvgIpc) is 1.88. The van der Waals surface area contributed by atoms with Gasteiger partial charge in [0.2, 0.25) is 0 Å². The number of hydrogen-bond donors (Lipinski definition) is 2. The van der Waals surface area contributed by atoms with Crippen molar-refractivity contribution < 1.29 is 5.11 Å². The van der Waals surface area contributed by atoms with Gasteiger partial charge in [0.05, 0.1) is 0 Å². The lowest BCUT2D eigenvalue weighted by Crippen LogP contribution is -2.36. The molecule has 62 valence electrons. The quantitative estimate of drug-likeness (QED) is 0.598. The summed E-state index contributed by atoms with van der Waals surface area (Å²) in [6.07, 6.45) is 1.18. The highest BCUT2D eigenvalue weighted by Gasteiger charge is 2.16. The number of nitrogens with one attached hydrogen (secondary N) is 1. The molecular formula is C7H16ClNO. The van der Waals surface area contributed by atoms with Crippen molar-refractivity contribution in [2.75, 3.05) is 19.7 Å². The molecule has 0 saturated carbocycles. The monoisotopic (exact) mass is 165 g/mol. The molecular weight excluding hydrogens is 150 g/mol. The van der Waals surface area contributed by atoms with E-state index in [1.165, 1.54) is 6.42 Å². The molecule has 1 heterocycles. The van der Waals surface area contributed by atoms with Gasteiger partial charge in [-0.05, 0) is 24.8 Å². The molecule has 1 aliphatic rings. The third-order valence-corrected chi connectivity index (χ3v) is 1.92. The Morgan fingerprint density at radius 3 is 2.60 bits per heavy atom. The zero-order chi connectivity index (χ0) is 6.69. The van der Waals surface area contributed by atoms with E-state index in [1.807, 2.05) is 0 Å².